The molecule has 0 aromatic heterocycles. The molecule has 3 atom stereocenters. The number of ether oxygens (including phenoxy) is 2. The Morgan fingerprint density at radius 3 is 2.91 bits per heavy atom. The summed E-state index contributed by atoms with van der Waals surface area (Å²) < 4.78 is 28.5. The zero-order valence-corrected chi connectivity index (χ0v) is 13.7. The monoisotopic (exact) mass is 345 g/mol. The van der Waals surface area contributed by atoms with E-state index in [9.17, 15) is 19.6 Å². The number of non-ortho nitro benzene ring substituents is 1. The van der Waals surface area contributed by atoms with Crippen molar-refractivity contribution < 1.29 is 28.4 Å². The van der Waals surface area contributed by atoms with E-state index >= 15 is 0 Å². The maximum absolute atomic E-state index is 12.5. The second kappa shape index (κ2) is 7.99. The van der Waals surface area contributed by atoms with Gasteiger partial charge in [-0.15, -0.1) is 0 Å². The van der Waals surface area contributed by atoms with Crippen molar-refractivity contribution in [1.82, 2.24) is 0 Å². The minimum atomic E-state index is -4.17. The summed E-state index contributed by atoms with van der Waals surface area (Å²) in [5.74, 6) is -1.33. The van der Waals surface area contributed by atoms with Crippen LogP contribution in [-0.4, -0.2) is 29.3 Å². The Kier molecular flexibility index (Phi) is 6.26. The standard InChI is InChI=1S/C14H20NO7P/c1-2-21-23(18,19)14(22-13-8-3-4-9-20-13)11-6-5-7-12(10-11)15(16)17/h5-7,10,13-14H,2-4,8-9H2,1H3,(H,18,19). The first-order chi connectivity index (χ1) is 10.9. The van der Waals surface area contributed by atoms with Crippen molar-refractivity contribution in [3.8, 4) is 0 Å². The van der Waals surface area contributed by atoms with Crippen molar-refractivity contribution in [3.63, 3.8) is 0 Å². The third-order valence-electron chi connectivity index (χ3n) is 3.40. The number of hydrogen-bond acceptors (Lipinski definition) is 6. The maximum Gasteiger partial charge on any atom is 0.361 e. The molecule has 0 bridgehead atoms. The molecule has 0 saturated carbocycles. The highest BCUT2D eigenvalue weighted by Crippen LogP contribution is 2.58. The van der Waals surface area contributed by atoms with Gasteiger partial charge in [-0.1, -0.05) is 12.1 Å². The van der Waals surface area contributed by atoms with E-state index in [1.165, 1.54) is 24.3 Å². The van der Waals surface area contributed by atoms with Gasteiger partial charge in [-0.3, -0.25) is 14.7 Å². The first-order valence-electron chi connectivity index (χ1n) is 7.42. The molecule has 1 heterocycles. The van der Waals surface area contributed by atoms with E-state index in [4.69, 9.17) is 14.0 Å². The third kappa shape index (κ3) is 4.83. The lowest BCUT2D eigenvalue weighted by atomic mass is 10.2. The maximum atomic E-state index is 12.5. The van der Waals surface area contributed by atoms with Gasteiger partial charge >= 0.3 is 7.60 Å². The summed E-state index contributed by atoms with van der Waals surface area (Å²) in [4.78, 5) is 20.5. The molecule has 1 fully saturated rings. The Balaban J connectivity index is 2.30. The molecule has 9 heteroatoms. The van der Waals surface area contributed by atoms with Gasteiger partial charge < -0.3 is 18.9 Å². The fourth-order valence-corrected chi connectivity index (χ4v) is 3.68. The highest BCUT2D eigenvalue weighted by Gasteiger charge is 2.38. The number of hydrogen-bond donors (Lipinski definition) is 1. The quantitative estimate of drug-likeness (QED) is 0.458. The molecule has 0 aliphatic carbocycles. The highest BCUT2D eigenvalue weighted by molar-refractivity contribution is 7.53. The Morgan fingerprint density at radius 2 is 2.30 bits per heavy atom. The number of rotatable bonds is 7. The molecule has 23 heavy (non-hydrogen) atoms. The molecule has 1 aliphatic rings. The Morgan fingerprint density at radius 1 is 1.52 bits per heavy atom. The Hall–Kier alpha value is -1.31. The van der Waals surface area contributed by atoms with E-state index < -0.39 is 24.7 Å². The zero-order chi connectivity index (χ0) is 16.9. The van der Waals surface area contributed by atoms with Crippen LogP contribution in [0.25, 0.3) is 0 Å². The summed E-state index contributed by atoms with van der Waals surface area (Å²) in [6.07, 6.45) is 1.76. The van der Waals surface area contributed by atoms with E-state index in [0.717, 1.165) is 12.8 Å². The molecule has 1 aromatic rings. The molecule has 3 unspecified atom stereocenters. The molecule has 1 aliphatic heterocycles. The second-order valence-corrected chi connectivity index (χ2v) is 6.97. The van der Waals surface area contributed by atoms with Crippen LogP contribution in [-0.2, 0) is 18.6 Å². The average molecular weight is 345 g/mol. The van der Waals surface area contributed by atoms with Crippen molar-refractivity contribution in [3.05, 3.63) is 39.9 Å². The topological polar surface area (TPSA) is 108 Å². The van der Waals surface area contributed by atoms with Crippen molar-refractivity contribution in [1.29, 1.82) is 0 Å². The first-order valence-corrected chi connectivity index (χ1v) is 9.07. The van der Waals surface area contributed by atoms with Gasteiger partial charge in [-0.05, 0) is 31.7 Å². The van der Waals surface area contributed by atoms with E-state index in [1.807, 2.05) is 0 Å². The van der Waals surface area contributed by atoms with Gasteiger partial charge in [0.05, 0.1) is 11.5 Å². The largest absolute Gasteiger partial charge is 0.361 e. The van der Waals surface area contributed by atoms with Gasteiger partial charge in [0.25, 0.3) is 5.69 Å². The van der Waals surface area contributed by atoms with Crippen molar-refractivity contribution in [2.24, 2.45) is 0 Å². The van der Waals surface area contributed by atoms with Crippen LogP contribution in [0.3, 0.4) is 0 Å². The summed E-state index contributed by atoms with van der Waals surface area (Å²) in [6, 6.07) is 5.47. The van der Waals surface area contributed by atoms with Crippen LogP contribution < -0.4 is 0 Å². The average Bonchev–Trinajstić information content (AvgIpc) is 2.53. The van der Waals surface area contributed by atoms with Gasteiger partial charge in [-0.25, -0.2) is 0 Å². The highest BCUT2D eigenvalue weighted by atomic mass is 31.2. The minimum absolute atomic E-state index is 0.0219. The van der Waals surface area contributed by atoms with Crippen molar-refractivity contribution in [2.45, 2.75) is 38.3 Å². The SMILES string of the molecule is CCOP(=O)(O)C(OC1CCCCO1)c1cccc([N+](=O)[O-])c1. The lowest BCUT2D eigenvalue weighted by Gasteiger charge is -2.29. The molecule has 0 amide bonds. The number of nitro benzene ring substituents is 1. The number of nitrogens with zero attached hydrogens (tertiary/aromatic N) is 1. The summed E-state index contributed by atoms with van der Waals surface area (Å²) in [5, 5.41) is 10.9. The molecule has 128 valence electrons. The van der Waals surface area contributed by atoms with Crippen LogP contribution in [0.2, 0.25) is 0 Å². The lowest BCUT2D eigenvalue weighted by Crippen LogP contribution is -2.25. The fraction of sp³-hybridized carbons (Fsp3) is 0.571. The summed E-state index contributed by atoms with van der Waals surface area (Å²) >= 11 is 0. The first kappa shape index (κ1) is 18.0. The van der Waals surface area contributed by atoms with Gasteiger partial charge in [0.15, 0.2) is 12.1 Å². The van der Waals surface area contributed by atoms with Crippen molar-refractivity contribution >= 4 is 13.3 Å². The Bertz CT molecular complexity index is 588. The van der Waals surface area contributed by atoms with Gasteiger partial charge in [-0.2, -0.15) is 0 Å². The summed E-state index contributed by atoms with van der Waals surface area (Å²) in [5.41, 5.74) is 0.0322. The number of nitro groups is 1. The predicted octanol–water partition coefficient (Wildman–Crippen LogP) is 3.36. The number of benzene rings is 1. The smallest absolute Gasteiger partial charge is 0.353 e. The molecule has 1 aromatic carbocycles. The molecular formula is C14H20NO7P. The van der Waals surface area contributed by atoms with Crippen LogP contribution in [0.4, 0.5) is 5.69 Å². The lowest BCUT2D eigenvalue weighted by molar-refractivity contribution is -0.385. The molecule has 0 spiro atoms. The van der Waals surface area contributed by atoms with Crippen LogP contribution in [0.1, 0.15) is 37.6 Å². The fourth-order valence-electron chi connectivity index (χ4n) is 2.35. The van der Waals surface area contributed by atoms with Crippen LogP contribution >= 0.6 is 7.60 Å². The van der Waals surface area contributed by atoms with Gasteiger partial charge in [0.1, 0.15) is 0 Å². The van der Waals surface area contributed by atoms with Gasteiger partial charge in [0.2, 0.25) is 0 Å². The predicted molar refractivity (Wildman–Crippen MR) is 82.0 cm³/mol. The van der Waals surface area contributed by atoms with Crippen LogP contribution in [0, 0.1) is 10.1 Å². The zero-order valence-electron chi connectivity index (χ0n) is 12.8. The van der Waals surface area contributed by atoms with E-state index in [2.05, 4.69) is 0 Å². The van der Waals surface area contributed by atoms with E-state index in [0.29, 0.717) is 13.0 Å². The van der Waals surface area contributed by atoms with Crippen molar-refractivity contribution in [2.75, 3.05) is 13.2 Å². The molecule has 1 saturated heterocycles. The molecule has 2 rings (SSSR count). The Labute approximate surface area is 134 Å². The second-order valence-electron chi connectivity index (χ2n) is 5.12. The summed E-state index contributed by atoms with van der Waals surface area (Å²) in [7, 11) is -4.17. The van der Waals surface area contributed by atoms with E-state index in [-0.39, 0.29) is 17.9 Å². The third-order valence-corrected chi connectivity index (χ3v) is 5.04. The van der Waals surface area contributed by atoms with Crippen LogP contribution in [0.5, 0.6) is 0 Å². The van der Waals surface area contributed by atoms with E-state index in [1.54, 1.807) is 6.92 Å². The van der Waals surface area contributed by atoms with Crippen LogP contribution in [0.15, 0.2) is 24.3 Å². The molecule has 0 radical (unpaired) electrons. The minimum Gasteiger partial charge on any atom is -0.353 e. The normalized spacial score (nSPS) is 22.3. The van der Waals surface area contributed by atoms with Gasteiger partial charge in [0, 0.05) is 18.7 Å². The molecule has 1 N–H and O–H groups in total. The molecule has 8 nitrogen and oxygen atoms in total. The summed E-state index contributed by atoms with van der Waals surface area (Å²) in [6.45, 7) is 2.12. The molecular weight excluding hydrogens is 325 g/mol.